The summed E-state index contributed by atoms with van der Waals surface area (Å²) in [7, 11) is 4.56. The normalized spacial score (nSPS) is 16.7. The van der Waals surface area contributed by atoms with Crippen molar-refractivity contribution in [3.8, 4) is 0 Å². The molecule has 0 radical (unpaired) electrons. The van der Waals surface area contributed by atoms with Crippen molar-refractivity contribution in [1.29, 1.82) is 0 Å². The molecule has 24 heavy (non-hydrogen) atoms. The number of hydrogen-bond donors (Lipinski definition) is 0. The van der Waals surface area contributed by atoms with Gasteiger partial charge in [0.2, 0.25) is 10.0 Å². The molecule has 1 aliphatic rings. The Morgan fingerprint density at radius 2 is 1.62 bits per heavy atom. The van der Waals surface area contributed by atoms with Crippen LogP contribution in [0.4, 0.5) is 0 Å². The zero-order chi connectivity index (χ0) is 17.7. The molecule has 0 amide bonds. The largest absolute Gasteiger partial charge is 0.349 e. The van der Waals surface area contributed by atoms with Gasteiger partial charge in [0.1, 0.15) is 0 Å². The molecule has 0 aromatic heterocycles. The second-order valence-corrected chi connectivity index (χ2v) is 8.53. The van der Waals surface area contributed by atoms with E-state index in [1.807, 2.05) is 44.1 Å². The number of piperidine rings is 1. The van der Waals surface area contributed by atoms with Crippen LogP contribution in [0.1, 0.15) is 12.8 Å². The molecule has 6 nitrogen and oxygen atoms in total. The minimum atomic E-state index is -3.36. The third kappa shape index (κ3) is 4.48. The fourth-order valence-corrected chi connectivity index (χ4v) is 4.46. The number of aliphatic imine (C=N–C) groups is 1. The van der Waals surface area contributed by atoms with Gasteiger partial charge >= 0.3 is 0 Å². The topological polar surface area (TPSA) is 56.2 Å². The van der Waals surface area contributed by atoms with E-state index in [0.717, 1.165) is 25.3 Å². The number of nitrogens with zero attached hydrogens (tertiary/aromatic N) is 4. The van der Waals surface area contributed by atoms with E-state index in [0.29, 0.717) is 23.9 Å². The average molecular weight is 353 g/mol. The summed E-state index contributed by atoms with van der Waals surface area (Å²) in [5.74, 6) is 1.37. The molecule has 0 atom stereocenters. The highest BCUT2D eigenvalue weighted by Gasteiger charge is 2.29. The molecule has 0 spiro atoms. The molecule has 0 bridgehead atoms. The summed E-state index contributed by atoms with van der Waals surface area (Å²) in [5.41, 5.74) is 0. The van der Waals surface area contributed by atoms with Gasteiger partial charge in [0.15, 0.2) is 5.96 Å². The van der Waals surface area contributed by atoms with Crippen LogP contribution in [0.5, 0.6) is 0 Å². The van der Waals surface area contributed by atoms with Crippen LogP contribution in [0.25, 0.3) is 0 Å². The second-order valence-electron chi connectivity index (χ2n) is 6.59. The molecule has 0 N–H and O–H groups in total. The molecule has 2 rings (SSSR count). The Hall–Kier alpha value is -1.60. The lowest BCUT2D eigenvalue weighted by molar-refractivity contribution is 0.277. The van der Waals surface area contributed by atoms with Gasteiger partial charge in [-0.25, -0.2) is 8.42 Å². The van der Waals surface area contributed by atoms with Gasteiger partial charge in [-0.2, -0.15) is 4.31 Å². The lowest BCUT2D eigenvalue weighted by Gasteiger charge is -2.31. The SMILES string of the molecule is CN(C)C(=NCC1CCN(S(=O)(=O)c2ccccc2)CC1)N(C)C. The van der Waals surface area contributed by atoms with Gasteiger partial charge in [-0.05, 0) is 30.9 Å². The van der Waals surface area contributed by atoms with E-state index in [-0.39, 0.29) is 0 Å². The van der Waals surface area contributed by atoms with Crippen LogP contribution in [0.3, 0.4) is 0 Å². The highest BCUT2D eigenvalue weighted by atomic mass is 32.2. The molecule has 134 valence electrons. The predicted octanol–water partition coefficient (Wildman–Crippen LogP) is 1.57. The first kappa shape index (κ1) is 18.7. The van der Waals surface area contributed by atoms with Gasteiger partial charge in [0.05, 0.1) is 4.90 Å². The first-order valence-electron chi connectivity index (χ1n) is 8.26. The van der Waals surface area contributed by atoms with Crippen molar-refractivity contribution in [3.05, 3.63) is 30.3 Å². The zero-order valence-electron chi connectivity index (χ0n) is 15.0. The monoisotopic (exact) mass is 352 g/mol. The van der Waals surface area contributed by atoms with Crippen molar-refractivity contribution in [3.63, 3.8) is 0 Å². The molecule has 0 unspecified atom stereocenters. The maximum Gasteiger partial charge on any atom is 0.243 e. The van der Waals surface area contributed by atoms with Crippen LogP contribution in [-0.4, -0.2) is 76.3 Å². The number of guanidine groups is 1. The second kappa shape index (κ2) is 7.98. The Balaban J connectivity index is 1.95. The summed E-state index contributed by atoms with van der Waals surface area (Å²) in [6.45, 7) is 1.87. The molecule has 1 aromatic carbocycles. The zero-order valence-corrected chi connectivity index (χ0v) is 15.8. The molecule has 1 aromatic rings. The Kier molecular flexibility index (Phi) is 6.23. The number of rotatable bonds is 4. The molecule has 0 aliphatic carbocycles. The fraction of sp³-hybridized carbons (Fsp3) is 0.588. The summed E-state index contributed by atoms with van der Waals surface area (Å²) >= 11 is 0. The molecule has 1 heterocycles. The van der Waals surface area contributed by atoms with E-state index < -0.39 is 10.0 Å². The van der Waals surface area contributed by atoms with Crippen molar-refractivity contribution >= 4 is 16.0 Å². The molecule has 1 saturated heterocycles. The van der Waals surface area contributed by atoms with E-state index >= 15 is 0 Å². The fourth-order valence-electron chi connectivity index (χ4n) is 2.97. The summed E-state index contributed by atoms with van der Waals surface area (Å²) in [6, 6.07) is 8.67. The highest BCUT2D eigenvalue weighted by Crippen LogP contribution is 2.24. The Bertz CT molecular complexity index is 638. The van der Waals surface area contributed by atoms with Gasteiger partial charge in [0.25, 0.3) is 0 Å². The molecular weight excluding hydrogens is 324 g/mol. The van der Waals surface area contributed by atoms with Crippen LogP contribution in [0, 0.1) is 5.92 Å². The first-order chi connectivity index (χ1) is 11.3. The Morgan fingerprint density at radius 3 is 2.12 bits per heavy atom. The van der Waals surface area contributed by atoms with Gasteiger partial charge in [-0.15, -0.1) is 0 Å². The minimum Gasteiger partial charge on any atom is -0.349 e. The van der Waals surface area contributed by atoms with Crippen LogP contribution >= 0.6 is 0 Å². The molecule has 1 fully saturated rings. The summed E-state index contributed by atoms with van der Waals surface area (Å²) in [6.07, 6.45) is 1.70. The van der Waals surface area contributed by atoms with Gasteiger partial charge in [-0.3, -0.25) is 4.99 Å². The Morgan fingerprint density at radius 1 is 1.08 bits per heavy atom. The number of sulfonamides is 1. The third-order valence-corrected chi connectivity index (χ3v) is 6.16. The molecular formula is C17H28N4O2S. The average Bonchev–Trinajstić information content (AvgIpc) is 2.55. The van der Waals surface area contributed by atoms with E-state index in [1.165, 1.54) is 0 Å². The van der Waals surface area contributed by atoms with Crippen LogP contribution in [0.15, 0.2) is 40.2 Å². The van der Waals surface area contributed by atoms with Crippen molar-refractivity contribution in [2.45, 2.75) is 17.7 Å². The van der Waals surface area contributed by atoms with Gasteiger partial charge in [-0.1, -0.05) is 18.2 Å². The summed E-state index contributed by atoms with van der Waals surface area (Å²) in [4.78, 5) is 9.06. The quantitative estimate of drug-likeness (QED) is 0.610. The van der Waals surface area contributed by atoms with Crippen molar-refractivity contribution < 1.29 is 8.42 Å². The van der Waals surface area contributed by atoms with Crippen molar-refractivity contribution in [2.75, 3.05) is 47.8 Å². The van der Waals surface area contributed by atoms with E-state index in [1.54, 1.807) is 28.6 Å². The summed E-state index contributed by atoms with van der Waals surface area (Å²) in [5, 5.41) is 0. The number of benzene rings is 1. The molecule has 1 aliphatic heterocycles. The van der Waals surface area contributed by atoms with E-state index in [4.69, 9.17) is 4.99 Å². The maximum atomic E-state index is 12.6. The summed E-state index contributed by atoms with van der Waals surface area (Å²) < 4.78 is 26.8. The van der Waals surface area contributed by atoms with Crippen LogP contribution < -0.4 is 0 Å². The standard InChI is InChI=1S/C17H28N4O2S/c1-19(2)17(20(3)4)18-14-15-10-12-21(13-11-15)24(22,23)16-8-6-5-7-9-16/h5-9,15H,10-14H2,1-4H3. The van der Waals surface area contributed by atoms with Crippen molar-refractivity contribution in [1.82, 2.24) is 14.1 Å². The maximum absolute atomic E-state index is 12.6. The van der Waals surface area contributed by atoms with Crippen LogP contribution in [0.2, 0.25) is 0 Å². The molecule has 0 saturated carbocycles. The van der Waals surface area contributed by atoms with Crippen molar-refractivity contribution in [2.24, 2.45) is 10.9 Å². The van der Waals surface area contributed by atoms with Gasteiger partial charge < -0.3 is 9.80 Å². The Labute approximate surface area is 145 Å². The molecule has 7 heteroatoms. The lowest BCUT2D eigenvalue weighted by atomic mass is 9.98. The number of hydrogen-bond acceptors (Lipinski definition) is 3. The third-order valence-electron chi connectivity index (χ3n) is 4.25. The van der Waals surface area contributed by atoms with E-state index in [2.05, 4.69) is 0 Å². The lowest BCUT2D eigenvalue weighted by Crippen LogP contribution is -2.40. The van der Waals surface area contributed by atoms with E-state index in [9.17, 15) is 8.42 Å². The minimum absolute atomic E-state index is 0.379. The first-order valence-corrected chi connectivity index (χ1v) is 9.70. The van der Waals surface area contributed by atoms with Gasteiger partial charge in [0, 0.05) is 47.8 Å². The predicted molar refractivity (Wildman–Crippen MR) is 97.6 cm³/mol. The highest BCUT2D eigenvalue weighted by molar-refractivity contribution is 7.89. The van der Waals surface area contributed by atoms with Crippen LogP contribution in [-0.2, 0) is 10.0 Å². The smallest absolute Gasteiger partial charge is 0.243 e.